The summed E-state index contributed by atoms with van der Waals surface area (Å²) in [6, 6.07) is 17.3. The van der Waals surface area contributed by atoms with Gasteiger partial charge in [0.15, 0.2) is 6.10 Å². The highest BCUT2D eigenvalue weighted by Gasteiger charge is 2.23. The van der Waals surface area contributed by atoms with Crippen molar-refractivity contribution in [2.24, 2.45) is 0 Å². The van der Waals surface area contributed by atoms with Crippen molar-refractivity contribution < 1.29 is 23.8 Å². The second-order valence-corrected chi connectivity index (χ2v) is 9.47. The highest BCUT2D eigenvalue weighted by molar-refractivity contribution is 14.1. The van der Waals surface area contributed by atoms with Crippen LogP contribution >= 0.6 is 22.6 Å². The second kappa shape index (κ2) is 12.3. The van der Waals surface area contributed by atoms with Gasteiger partial charge in [0.25, 0.3) is 5.91 Å². The predicted octanol–water partition coefficient (Wildman–Crippen LogP) is 3.79. The van der Waals surface area contributed by atoms with Crippen LogP contribution in [0.1, 0.15) is 28.4 Å². The smallest absolute Gasteiger partial charge is 0.253 e. The van der Waals surface area contributed by atoms with Gasteiger partial charge in [0, 0.05) is 28.8 Å². The number of carbonyl (C=O) groups excluding carboxylic acids is 1. The van der Waals surface area contributed by atoms with Crippen LogP contribution in [0.15, 0.2) is 66.7 Å². The van der Waals surface area contributed by atoms with Gasteiger partial charge in [-0.25, -0.2) is 8.78 Å². The standard InChI is InChI=1S/C26H27F2IN2O3/c1-16-5-7-19(8-6-16)25(33)26(34)31-15-24(32)23(12-18-9-20(27)13-21(28)10-18)30-14-17-3-2-4-22(29)11-17/h2-11,13,23-25,30,32-33H,12,14-15H2,1H3,(H,31,34)/t23?,24-,25?/m1/s1. The Morgan fingerprint density at radius 3 is 2.29 bits per heavy atom. The van der Waals surface area contributed by atoms with Crippen molar-refractivity contribution in [1.82, 2.24) is 10.6 Å². The highest BCUT2D eigenvalue weighted by Crippen LogP contribution is 2.15. The Balaban J connectivity index is 1.67. The minimum absolute atomic E-state index is 0.135. The quantitative estimate of drug-likeness (QED) is 0.275. The molecule has 5 nitrogen and oxygen atoms in total. The molecule has 1 amide bonds. The Bertz CT molecular complexity index is 1090. The van der Waals surface area contributed by atoms with E-state index in [0.717, 1.165) is 20.8 Å². The van der Waals surface area contributed by atoms with E-state index in [9.17, 15) is 23.8 Å². The van der Waals surface area contributed by atoms with E-state index in [2.05, 4.69) is 33.2 Å². The van der Waals surface area contributed by atoms with Crippen LogP contribution in [0.2, 0.25) is 0 Å². The zero-order chi connectivity index (χ0) is 24.7. The first-order chi connectivity index (χ1) is 16.2. The molecule has 3 atom stereocenters. The Morgan fingerprint density at radius 1 is 0.971 bits per heavy atom. The zero-order valence-corrected chi connectivity index (χ0v) is 20.8. The van der Waals surface area contributed by atoms with E-state index in [-0.39, 0.29) is 13.0 Å². The van der Waals surface area contributed by atoms with Gasteiger partial charge in [-0.3, -0.25) is 4.79 Å². The molecule has 0 spiro atoms. The largest absolute Gasteiger partial charge is 0.390 e. The molecular formula is C26H27F2IN2O3. The average Bonchev–Trinajstić information content (AvgIpc) is 2.79. The van der Waals surface area contributed by atoms with Gasteiger partial charge in [0.1, 0.15) is 11.6 Å². The zero-order valence-electron chi connectivity index (χ0n) is 18.6. The number of rotatable bonds is 10. The summed E-state index contributed by atoms with van der Waals surface area (Å²) in [4.78, 5) is 12.4. The molecule has 0 fully saturated rings. The molecule has 0 aliphatic heterocycles. The number of carbonyl (C=O) groups is 1. The molecule has 0 aliphatic carbocycles. The molecule has 4 N–H and O–H groups in total. The van der Waals surface area contributed by atoms with Crippen molar-refractivity contribution in [3.63, 3.8) is 0 Å². The van der Waals surface area contributed by atoms with Crippen LogP contribution in [0.3, 0.4) is 0 Å². The third-order valence-electron chi connectivity index (χ3n) is 5.43. The molecule has 180 valence electrons. The lowest BCUT2D eigenvalue weighted by atomic mass is 10.00. The summed E-state index contributed by atoms with van der Waals surface area (Å²) in [6.45, 7) is 2.17. The molecule has 0 saturated heterocycles. The Hall–Kier alpha value is -2.40. The SMILES string of the molecule is Cc1ccc(C(O)C(=O)NC[C@@H](O)C(Cc2cc(F)cc(F)c2)NCc2cccc(I)c2)cc1. The molecule has 3 rings (SSSR count). The summed E-state index contributed by atoms with van der Waals surface area (Å²) in [7, 11) is 0. The number of hydrogen-bond donors (Lipinski definition) is 4. The van der Waals surface area contributed by atoms with E-state index in [0.29, 0.717) is 17.7 Å². The van der Waals surface area contributed by atoms with Crippen LogP contribution < -0.4 is 10.6 Å². The van der Waals surface area contributed by atoms with Crippen LogP contribution in [0.4, 0.5) is 8.78 Å². The maximum Gasteiger partial charge on any atom is 0.253 e. The maximum atomic E-state index is 13.7. The van der Waals surface area contributed by atoms with Crippen LogP contribution in [0.25, 0.3) is 0 Å². The van der Waals surface area contributed by atoms with Crippen LogP contribution in [0.5, 0.6) is 0 Å². The van der Waals surface area contributed by atoms with E-state index in [4.69, 9.17) is 0 Å². The monoisotopic (exact) mass is 580 g/mol. The topological polar surface area (TPSA) is 81.6 Å². The van der Waals surface area contributed by atoms with E-state index in [1.807, 2.05) is 31.2 Å². The van der Waals surface area contributed by atoms with E-state index >= 15 is 0 Å². The van der Waals surface area contributed by atoms with Gasteiger partial charge < -0.3 is 20.8 Å². The molecule has 0 aromatic heterocycles. The molecule has 0 radical (unpaired) electrons. The van der Waals surface area contributed by atoms with E-state index in [1.165, 1.54) is 12.1 Å². The number of hydrogen-bond acceptors (Lipinski definition) is 4. The van der Waals surface area contributed by atoms with Crippen LogP contribution in [0, 0.1) is 22.1 Å². The first kappa shape index (κ1) is 26.2. The summed E-state index contributed by atoms with van der Waals surface area (Å²) in [5, 5.41) is 26.9. The lowest BCUT2D eigenvalue weighted by Gasteiger charge is -2.25. The fraction of sp³-hybridized carbons (Fsp3) is 0.269. The molecule has 0 saturated carbocycles. The number of aryl methyl sites for hydroxylation is 1. The third-order valence-corrected chi connectivity index (χ3v) is 6.10. The van der Waals surface area contributed by atoms with E-state index < -0.39 is 35.8 Å². The van der Waals surface area contributed by atoms with Gasteiger partial charge in [-0.2, -0.15) is 0 Å². The average molecular weight is 580 g/mol. The summed E-state index contributed by atoms with van der Waals surface area (Å²) >= 11 is 2.20. The van der Waals surface area contributed by atoms with E-state index in [1.54, 1.807) is 24.3 Å². The molecule has 0 heterocycles. The van der Waals surface area contributed by atoms with Crippen LogP contribution in [-0.2, 0) is 17.8 Å². The van der Waals surface area contributed by atoms with Crippen molar-refractivity contribution in [3.8, 4) is 0 Å². The molecule has 3 aromatic rings. The maximum absolute atomic E-state index is 13.7. The lowest BCUT2D eigenvalue weighted by Crippen LogP contribution is -2.47. The summed E-state index contributed by atoms with van der Waals surface area (Å²) in [5.41, 5.74) is 2.81. The predicted molar refractivity (Wildman–Crippen MR) is 135 cm³/mol. The molecule has 8 heteroatoms. The first-order valence-corrected chi connectivity index (χ1v) is 11.9. The van der Waals surface area contributed by atoms with Crippen LogP contribution in [-0.4, -0.2) is 34.8 Å². The van der Waals surface area contributed by atoms with Crippen molar-refractivity contribution in [2.75, 3.05) is 6.54 Å². The van der Waals surface area contributed by atoms with Gasteiger partial charge >= 0.3 is 0 Å². The Morgan fingerprint density at radius 2 is 1.65 bits per heavy atom. The summed E-state index contributed by atoms with van der Waals surface area (Å²) in [5.74, 6) is -2.04. The number of aliphatic hydroxyl groups excluding tert-OH is 2. The van der Waals surface area contributed by atoms with Crippen molar-refractivity contribution >= 4 is 28.5 Å². The molecule has 34 heavy (non-hydrogen) atoms. The number of amides is 1. The van der Waals surface area contributed by atoms with Crippen molar-refractivity contribution in [2.45, 2.75) is 38.1 Å². The highest BCUT2D eigenvalue weighted by atomic mass is 127. The Labute approximate surface area is 211 Å². The minimum atomic E-state index is -1.37. The Kier molecular flexibility index (Phi) is 9.52. The van der Waals surface area contributed by atoms with Gasteiger partial charge in [-0.1, -0.05) is 42.0 Å². The first-order valence-electron chi connectivity index (χ1n) is 10.8. The fourth-order valence-electron chi connectivity index (χ4n) is 3.57. The molecule has 0 bridgehead atoms. The van der Waals surface area contributed by atoms with Gasteiger partial charge in [-0.15, -0.1) is 0 Å². The molecule has 3 aromatic carbocycles. The molecule has 2 unspecified atom stereocenters. The number of benzene rings is 3. The number of halogens is 3. The lowest BCUT2D eigenvalue weighted by molar-refractivity contribution is -0.130. The normalized spacial score (nSPS) is 13.8. The minimum Gasteiger partial charge on any atom is -0.390 e. The molecule has 0 aliphatic rings. The number of nitrogens with one attached hydrogen (secondary N) is 2. The molecular weight excluding hydrogens is 553 g/mol. The van der Waals surface area contributed by atoms with Gasteiger partial charge in [0.2, 0.25) is 0 Å². The number of aliphatic hydroxyl groups is 2. The fourth-order valence-corrected chi connectivity index (χ4v) is 4.17. The summed E-state index contributed by atoms with van der Waals surface area (Å²) in [6.07, 6.45) is -2.32. The van der Waals surface area contributed by atoms with Gasteiger partial charge in [-0.05, 0) is 76.9 Å². The summed E-state index contributed by atoms with van der Waals surface area (Å²) < 4.78 is 28.4. The third kappa shape index (κ3) is 7.83. The van der Waals surface area contributed by atoms with Crippen molar-refractivity contribution in [1.29, 1.82) is 0 Å². The second-order valence-electron chi connectivity index (χ2n) is 8.22. The van der Waals surface area contributed by atoms with Gasteiger partial charge in [0.05, 0.1) is 6.10 Å². The van der Waals surface area contributed by atoms with Crippen molar-refractivity contribution in [3.05, 3.63) is 104 Å².